The highest BCUT2D eigenvalue weighted by Gasteiger charge is 2.25. The Hall–Kier alpha value is -2.38. The van der Waals surface area contributed by atoms with E-state index in [1.807, 2.05) is 0 Å². The predicted octanol–water partition coefficient (Wildman–Crippen LogP) is 2.86. The van der Waals surface area contributed by atoms with Crippen LogP contribution in [0.4, 0.5) is 0 Å². The van der Waals surface area contributed by atoms with Crippen LogP contribution in [0.15, 0.2) is 47.6 Å². The molecule has 0 atom stereocenters. The smallest absolute Gasteiger partial charge is 0.307 e. The zero-order valence-electron chi connectivity index (χ0n) is 12.6. The highest BCUT2D eigenvalue weighted by Crippen LogP contribution is 2.30. The lowest BCUT2D eigenvalue weighted by Crippen LogP contribution is -2.15. The summed E-state index contributed by atoms with van der Waals surface area (Å²) in [5.41, 5.74) is 1.19. The lowest BCUT2D eigenvalue weighted by Gasteiger charge is -2.10. The van der Waals surface area contributed by atoms with Crippen LogP contribution in [-0.4, -0.2) is 28.5 Å². The minimum Gasteiger partial charge on any atom is -0.481 e. The number of nitrogens with zero attached hydrogens (tertiary/aromatic N) is 2. The van der Waals surface area contributed by atoms with Crippen LogP contribution < -0.4 is 0 Å². The first-order chi connectivity index (χ1) is 11.3. The lowest BCUT2D eigenvalue weighted by molar-refractivity contribution is -0.136. The molecular formula is C16H13ClN2O4S. The zero-order valence-corrected chi connectivity index (χ0v) is 14.2. The Labute approximate surface area is 143 Å². The molecule has 3 aromatic rings. The van der Waals surface area contributed by atoms with Crippen molar-refractivity contribution in [1.29, 1.82) is 0 Å². The average molecular weight is 365 g/mol. The Balaban J connectivity index is 2.31. The molecule has 0 unspecified atom stereocenters. The summed E-state index contributed by atoms with van der Waals surface area (Å²) in [5, 5.41) is 10.1. The first kappa shape index (κ1) is 16.5. The minimum absolute atomic E-state index is 0.0746. The van der Waals surface area contributed by atoms with Gasteiger partial charge in [-0.15, -0.1) is 0 Å². The zero-order chi connectivity index (χ0) is 17.5. The number of fused-ring (bicyclic) bond motifs is 1. The number of carboxylic acid groups (broad SMARTS) is 1. The second kappa shape index (κ2) is 5.92. The molecule has 6 nitrogen and oxygen atoms in total. The van der Waals surface area contributed by atoms with Crippen LogP contribution in [0.1, 0.15) is 11.3 Å². The van der Waals surface area contributed by atoms with Crippen molar-refractivity contribution in [2.45, 2.75) is 18.2 Å². The fourth-order valence-corrected chi connectivity index (χ4v) is 4.40. The average Bonchev–Trinajstić information content (AvgIpc) is 2.80. The largest absolute Gasteiger partial charge is 0.481 e. The van der Waals surface area contributed by atoms with Gasteiger partial charge in [0.25, 0.3) is 10.0 Å². The van der Waals surface area contributed by atoms with E-state index in [1.165, 1.54) is 36.7 Å². The van der Waals surface area contributed by atoms with Gasteiger partial charge in [0.05, 0.1) is 16.8 Å². The maximum atomic E-state index is 13.0. The molecule has 0 aliphatic rings. The molecule has 2 aromatic heterocycles. The molecule has 0 aliphatic heterocycles. The van der Waals surface area contributed by atoms with Crippen molar-refractivity contribution in [3.63, 3.8) is 0 Å². The first-order valence-electron chi connectivity index (χ1n) is 6.99. The van der Waals surface area contributed by atoms with Crippen LogP contribution in [-0.2, 0) is 21.2 Å². The fourth-order valence-electron chi connectivity index (χ4n) is 2.69. The summed E-state index contributed by atoms with van der Waals surface area (Å²) in [7, 11) is -3.89. The van der Waals surface area contributed by atoms with Crippen molar-refractivity contribution in [3.05, 3.63) is 59.0 Å². The van der Waals surface area contributed by atoms with Crippen molar-refractivity contribution in [1.82, 2.24) is 8.96 Å². The van der Waals surface area contributed by atoms with Gasteiger partial charge >= 0.3 is 5.97 Å². The van der Waals surface area contributed by atoms with E-state index in [9.17, 15) is 13.2 Å². The number of hydrogen-bond donors (Lipinski definition) is 1. The van der Waals surface area contributed by atoms with E-state index in [1.54, 1.807) is 13.0 Å². The van der Waals surface area contributed by atoms with Crippen LogP contribution in [0.3, 0.4) is 0 Å². The van der Waals surface area contributed by atoms with Crippen molar-refractivity contribution in [2.24, 2.45) is 0 Å². The summed E-state index contributed by atoms with van der Waals surface area (Å²) in [6, 6.07) is 7.38. The third-order valence-electron chi connectivity index (χ3n) is 3.76. The molecule has 0 aliphatic carbocycles. The second-order valence-corrected chi connectivity index (χ2v) is 7.47. The van der Waals surface area contributed by atoms with Gasteiger partial charge in [-0.1, -0.05) is 11.6 Å². The maximum absolute atomic E-state index is 13.0. The number of rotatable bonds is 4. The molecule has 0 saturated carbocycles. The van der Waals surface area contributed by atoms with Gasteiger partial charge in [-0.25, -0.2) is 12.4 Å². The van der Waals surface area contributed by atoms with Crippen LogP contribution in [0.2, 0.25) is 5.02 Å². The fraction of sp³-hybridized carbons (Fsp3) is 0.125. The maximum Gasteiger partial charge on any atom is 0.307 e. The summed E-state index contributed by atoms with van der Waals surface area (Å²) in [5.74, 6) is -1.04. The highest BCUT2D eigenvalue weighted by atomic mass is 35.5. The standard InChI is InChI=1S/C16H13ClN2O4S/c1-10-13(8-16(20)21)14-9-18-7-6-15(14)19(10)24(22,23)12-4-2-11(17)3-5-12/h2-7,9H,8H2,1H3,(H,20,21). The lowest BCUT2D eigenvalue weighted by atomic mass is 10.1. The normalized spacial score (nSPS) is 11.8. The monoisotopic (exact) mass is 364 g/mol. The minimum atomic E-state index is -3.89. The topological polar surface area (TPSA) is 89.3 Å². The van der Waals surface area contributed by atoms with Crippen molar-refractivity contribution in [2.75, 3.05) is 0 Å². The molecule has 0 fully saturated rings. The third kappa shape index (κ3) is 2.65. The number of benzene rings is 1. The molecule has 3 rings (SSSR count). The molecule has 0 bridgehead atoms. The Morgan fingerprint density at radius 1 is 1.25 bits per heavy atom. The quantitative estimate of drug-likeness (QED) is 0.768. The Morgan fingerprint density at radius 3 is 2.54 bits per heavy atom. The molecule has 1 N–H and O–H groups in total. The molecule has 0 spiro atoms. The van der Waals surface area contributed by atoms with Crippen LogP contribution in [0.5, 0.6) is 0 Å². The van der Waals surface area contributed by atoms with Gasteiger partial charge in [-0.05, 0) is 42.8 Å². The van der Waals surface area contributed by atoms with E-state index < -0.39 is 16.0 Å². The first-order valence-corrected chi connectivity index (χ1v) is 8.81. The summed E-state index contributed by atoms with van der Waals surface area (Å²) >= 11 is 5.82. The van der Waals surface area contributed by atoms with Crippen LogP contribution >= 0.6 is 11.6 Å². The van der Waals surface area contributed by atoms with Crippen LogP contribution in [0.25, 0.3) is 10.9 Å². The molecule has 0 radical (unpaired) electrons. The van der Waals surface area contributed by atoms with Gasteiger partial charge in [-0.3, -0.25) is 9.78 Å². The number of halogens is 1. The van der Waals surface area contributed by atoms with E-state index in [0.717, 1.165) is 3.97 Å². The van der Waals surface area contributed by atoms with Gasteiger partial charge in [0.1, 0.15) is 0 Å². The SMILES string of the molecule is Cc1c(CC(=O)O)c2cnccc2n1S(=O)(=O)c1ccc(Cl)cc1. The Morgan fingerprint density at radius 2 is 1.92 bits per heavy atom. The molecule has 1 aromatic carbocycles. The number of hydrogen-bond acceptors (Lipinski definition) is 4. The molecule has 24 heavy (non-hydrogen) atoms. The third-order valence-corrected chi connectivity index (χ3v) is 5.83. The van der Waals surface area contributed by atoms with Crippen LogP contribution in [0, 0.1) is 6.92 Å². The van der Waals surface area contributed by atoms with Crippen molar-refractivity contribution in [3.8, 4) is 0 Å². The van der Waals surface area contributed by atoms with Crippen molar-refractivity contribution < 1.29 is 18.3 Å². The molecule has 8 heteroatoms. The Kier molecular flexibility index (Phi) is 4.06. The molecule has 2 heterocycles. The van der Waals surface area contributed by atoms with Gasteiger partial charge in [-0.2, -0.15) is 0 Å². The molecular weight excluding hydrogens is 352 g/mol. The summed E-state index contributed by atoms with van der Waals surface area (Å²) < 4.78 is 27.2. The van der Waals surface area contributed by atoms with E-state index in [-0.39, 0.29) is 11.3 Å². The highest BCUT2D eigenvalue weighted by molar-refractivity contribution is 7.90. The second-order valence-electron chi connectivity index (χ2n) is 5.25. The summed E-state index contributed by atoms with van der Waals surface area (Å²) in [6.45, 7) is 1.59. The van der Waals surface area contributed by atoms with E-state index in [0.29, 0.717) is 27.2 Å². The van der Waals surface area contributed by atoms with Gasteiger partial charge in [0, 0.05) is 28.5 Å². The number of aromatic nitrogens is 2. The number of carbonyl (C=O) groups is 1. The predicted molar refractivity (Wildman–Crippen MR) is 89.8 cm³/mol. The summed E-state index contributed by atoms with van der Waals surface area (Å²) in [6.07, 6.45) is 2.67. The molecule has 124 valence electrons. The van der Waals surface area contributed by atoms with Crippen molar-refractivity contribution >= 4 is 38.5 Å². The van der Waals surface area contributed by atoms with Gasteiger partial charge < -0.3 is 5.11 Å². The summed E-state index contributed by atoms with van der Waals surface area (Å²) in [4.78, 5) is 15.2. The molecule has 0 amide bonds. The number of aliphatic carboxylic acids is 1. The van der Waals surface area contributed by atoms with E-state index >= 15 is 0 Å². The van der Waals surface area contributed by atoms with E-state index in [2.05, 4.69) is 4.98 Å². The van der Waals surface area contributed by atoms with Gasteiger partial charge in [0.15, 0.2) is 0 Å². The van der Waals surface area contributed by atoms with E-state index in [4.69, 9.17) is 16.7 Å². The number of carboxylic acids is 1. The van der Waals surface area contributed by atoms with Gasteiger partial charge in [0.2, 0.25) is 0 Å². The number of pyridine rings is 1. The molecule has 0 saturated heterocycles. The Bertz CT molecular complexity index is 1040.